The lowest BCUT2D eigenvalue weighted by atomic mass is 10.0. The number of phenolic OH excluding ortho intramolecular Hbond substituents is 1. The van der Waals surface area contributed by atoms with E-state index in [4.69, 9.17) is 14.2 Å². The van der Waals surface area contributed by atoms with Crippen LogP contribution in [0.3, 0.4) is 0 Å². The number of ketones is 1. The summed E-state index contributed by atoms with van der Waals surface area (Å²) in [5, 5.41) is 19.2. The molecule has 1 heterocycles. The summed E-state index contributed by atoms with van der Waals surface area (Å²) < 4.78 is 16.0. The summed E-state index contributed by atoms with van der Waals surface area (Å²) in [7, 11) is 1.38. The van der Waals surface area contributed by atoms with Gasteiger partial charge in [-0.25, -0.2) is 4.79 Å². The van der Waals surface area contributed by atoms with Crippen LogP contribution in [0, 0.1) is 0 Å². The average molecular weight is 365 g/mol. The van der Waals surface area contributed by atoms with E-state index in [0.29, 0.717) is 25.3 Å². The van der Waals surface area contributed by atoms with E-state index in [9.17, 15) is 19.8 Å². The smallest absolute Gasteiger partial charge is 0.343 e. The van der Waals surface area contributed by atoms with Crippen molar-refractivity contribution in [3.8, 4) is 11.5 Å². The van der Waals surface area contributed by atoms with Gasteiger partial charge < -0.3 is 24.4 Å². The number of hydrogen-bond acceptors (Lipinski definition) is 7. The van der Waals surface area contributed by atoms with E-state index in [1.807, 2.05) is 0 Å². The van der Waals surface area contributed by atoms with Crippen LogP contribution in [0.15, 0.2) is 23.8 Å². The second-order valence-electron chi connectivity index (χ2n) is 5.75. The van der Waals surface area contributed by atoms with Crippen LogP contribution in [0.2, 0.25) is 0 Å². The Hall–Kier alpha value is -2.58. The van der Waals surface area contributed by atoms with Crippen LogP contribution in [0.5, 0.6) is 11.5 Å². The number of aliphatic carboxylic acids is 1. The summed E-state index contributed by atoms with van der Waals surface area (Å²) in [5.41, 5.74) is -0.103. The van der Waals surface area contributed by atoms with Gasteiger partial charge in [0, 0.05) is 25.2 Å². The van der Waals surface area contributed by atoms with E-state index >= 15 is 0 Å². The SMILES string of the molecule is COc1cc(/C(OCCN2CCOCC2)=C(\C(C)=O)C(=O)O)ccc1O. The quantitative estimate of drug-likeness (QED) is 0.306. The molecular formula is C18H23NO7. The summed E-state index contributed by atoms with van der Waals surface area (Å²) in [6.07, 6.45) is 0. The highest BCUT2D eigenvalue weighted by Crippen LogP contribution is 2.31. The van der Waals surface area contributed by atoms with Gasteiger partial charge in [-0.15, -0.1) is 0 Å². The third-order valence-electron chi connectivity index (χ3n) is 3.99. The number of morpholine rings is 1. The fourth-order valence-corrected chi connectivity index (χ4v) is 2.63. The maximum absolute atomic E-state index is 11.9. The zero-order chi connectivity index (χ0) is 19.1. The second-order valence-corrected chi connectivity index (χ2v) is 5.75. The Morgan fingerprint density at radius 3 is 2.54 bits per heavy atom. The summed E-state index contributed by atoms with van der Waals surface area (Å²) in [4.78, 5) is 25.6. The molecule has 2 N–H and O–H groups in total. The molecule has 8 heteroatoms. The summed E-state index contributed by atoms with van der Waals surface area (Å²) in [5.74, 6) is -1.97. The number of carboxylic acids is 1. The predicted octanol–water partition coefficient (Wildman–Crippen LogP) is 1.13. The van der Waals surface area contributed by atoms with Crippen LogP contribution in [-0.4, -0.2) is 73.4 Å². The molecule has 1 fully saturated rings. The first-order valence-electron chi connectivity index (χ1n) is 8.22. The number of carbonyl (C=O) groups excluding carboxylic acids is 1. The Balaban J connectivity index is 2.28. The van der Waals surface area contributed by atoms with Gasteiger partial charge in [0.1, 0.15) is 17.9 Å². The summed E-state index contributed by atoms with van der Waals surface area (Å²) in [6, 6.07) is 4.28. The summed E-state index contributed by atoms with van der Waals surface area (Å²) >= 11 is 0. The Kier molecular flexibility index (Phi) is 6.99. The lowest BCUT2D eigenvalue weighted by Gasteiger charge is -2.26. The third-order valence-corrected chi connectivity index (χ3v) is 3.99. The number of ether oxygens (including phenoxy) is 3. The normalized spacial score (nSPS) is 15.9. The zero-order valence-corrected chi connectivity index (χ0v) is 14.9. The number of Topliss-reactive ketones (excluding diaryl/α,β-unsaturated/α-hetero) is 1. The number of carboxylic acid groups (broad SMARTS) is 1. The topological polar surface area (TPSA) is 106 Å². The van der Waals surface area contributed by atoms with Gasteiger partial charge in [-0.1, -0.05) is 0 Å². The maximum atomic E-state index is 11.9. The molecule has 26 heavy (non-hydrogen) atoms. The number of aromatic hydroxyl groups is 1. The number of benzene rings is 1. The van der Waals surface area contributed by atoms with Gasteiger partial charge in [-0.2, -0.15) is 0 Å². The Morgan fingerprint density at radius 2 is 1.96 bits per heavy atom. The molecule has 142 valence electrons. The van der Waals surface area contributed by atoms with Crippen molar-refractivity contribution in [2.75, 3.05) is 46.6 Å². The molecule has 0 bridgehead atoms. The van der Waals surface area contributed by atoms with Crippen LogP contribution >= 0.6 is 0 Å². The number of rotatable bonds is 8. The molecule has 1 aliphatic heterocycles. The van der Waals surface area contributed by atoms with Crippen molar-refractivity contribution in [2.45, 2.75) is 6.92 Å². The van der Waals surface area contributed by atoms with Crippen LogP contribution in [0.25, 0.3) is 5.76 Å². The van der Waals surface area contributed by atoms with Crippen LogP contribution in [0.1, 0.15) is 12.5 Å². The Morgan fingerprint density at radius 1 is 1.27 bits per heavy atom. The zero-order valence-electron chi connectivity index (χ0n) is 14.9. The lowest BCUT2D eigenvalue weighted by molar-refractivity contribution is -0.134. The minimum Gasteiger partial charge on any atom is -0.504 e. The molecule has 1 aliphatic rings. The monoisotopic (exact) mass is 365 g/mol. The average Bonchev–Trinajstić information content (AvgIpc) is 2.61. The lowest BCUT2D eigenvalue weighted by Crippen LogP contribution is -2.38. The number of carbonyl (C=O) groups is 2. The van der Waals surface area contributed by atoms with Gasteiger partial charge in [-0.05, 0) is 25.1 Å². The van der Waals surface area contributed by atoms with Crippen LogP contribution < -0.4 is 4.74 Å². The molecule has 1 aromatic rings. The molecule has 8 nitrogen and oxygen atoms in total. The largest absolute Gasteiger partial charge is 0.504 e. The van der Waals surface area contributed by atoms with Crippen molar-refractivity contribution in [3.63, 3.8) is 0 Å². The highest BCUT2D eigenvalue weighted by Gasteiger charge is 2.23. The number of hydrogen-bond donors (Lipinski definition) is 2. The first-order chi connectivity index (χ1) is 12.4. The van der Waals surface area contributed by atoms with E-state index in [0.717, 1.165) is 13.1 Å². The van der Waals surface area contributed by atoms with E-state index in [1.165, 1.54) is 32.2 Å². The highest BCUT2D eigenvalue weighted by molar-refractivity contribution is 6.20. The van der Waals surface area contributed by atoms with E-state index in [2.05, 4.69) is 4.90 Å². The molecule has 1 aromatic carbocycles. The third kappa shape index (κ3) is 4.96. The molecular weight excluding hydrogens is 342 g/mol. The Labute approximate surface area is 151 Å². The van der Waals surface area contributed by atoms with Crippen molar-refractivity contribution in [1.82, 2.24) is 4.90 Å². The van der Waals surface area contributed by atoms with Crippen molar-refractivity contribution in [3.05, 3.63) is 29.3 Å². The molecule has 0 atom stereocenters. The molecule has 0 unspecified atom stereocenters. The molecule has 0 radical (unpaired) electrons. The highest BCUT2D eigenvalue weighted by atomic mass is 16.5. The first kappa shape index (κ1) is 19.7. The van der Waals surface area contributed by atoms with Gasteiger partial charge in [0.25, 0.3) is 0 Å². The van der Waals surface area contributed by atoms with Gasteiger partial charge in [-0.3, -0.25) is 9.69 Å². The number of methoxy groups -OCH3 is 1. The fourth-order valence-electron chi connectivity index (χ4n) is 2.63. The van der Waals surface area contributed by atoms with Crippen molar-refractivity contribution in [1.29, 1.82) is 0 Å². The minimum atomic E-state index is -1.37. The number of phenols is 1. The maximum Gasteiger partial charge on any atom is 0.343 e. The fraction of sp³-hybridized carbons (Fsp3) is 0.444. The molecule has 0 aromatic heterocycles. The molecule has 0 aliphatic carbocycles. The Bertz CT molecular complexity index is 677. The van der Waals surface area contributed by atoms with Crippen molar-refractivity contribution < 1.29 is 34.0 Å². The van der Waals surface area contributed by atoms with Gasteiger partial charge in [0.15, 0.2) is 17.3 Å². The minimum absolute atomic E-state index is 0.0449. The van der Waals surface area contributed by atoms with E-state index in [-0.39, 0.29) is 23.9 Å². The number of nitrogens with zero attached hydrogens (tertiary/aromatic N) is 1. The van der Waals surface area contributed by atoms with Gasteiger partial charge in [0.05, 0.1) is 20.3 Å². The predicted molar refractivity (Wildman–Crippen MR) is 93.1 cm³/mol. The first-order valence-corrected chi connectivity index (χ1v) is 8.22. The van der Waals surface area contributed by atoms with Crippen molar-refractivity contribution >= 4 is 17.5 Å². The van der Waals surface area contributed by atoms with Crippen LogP contribution in [0.4, 0.5) is 0 Å². The van der Waals surface area contributed by atoms with Gasteiger partial charge >= 0.3 is 5.97 Å². The molecule has 0 saturated carbocycles. The van der Waals surface area contributed by atoms with E-state index < -0.39 is 17.3 Å². The van der Waals surface area contributed by atoms with Crippen LogP contribution in [-0.2, 0) is 19.1 Å². The van der Waals surface area contributed by atoms with E-state index in [1.54, 1.807) is 0 Å². The molecule has 0 spiro atoms. The molecule has 1 saturated heterocycles. The standard InChI is InChI=1S/C18H23NO7/c1-12(20)16(18(22)23)17(13-3-4-14(21)15(11-13)24-2)26-10-7-19-5-8-25-9-6-19/h3-4,11,21H,5-10H2,1-2H3,(H,22,23)/b17-16-. The van der Waals surface area contributed by atoms with Gasteiger partial charge in [0.2, 0.25) is 0 Å². The second kappa shape index (κ2) is 9.21. The van der Waals surface area contributed by atoms with Crippen molar-refractivity contribution in [2.24, 2.45) is 0 Å². The molecule has 0 amide bonds. The summed E-state index contributed by atoms with van der Waals surface area (Å²) in [6.45, 7) is 4.79. The molecule has 2 rings (SSSR count).